The summed E-state index contributed by atoms with van der Waals surface area (Å²) in [4.78, 5) is 26.4. The molecule has 0 aliphatic rings. The van der Waals surface area contributed by atoms with Gasteiger partial charge in [-0.15, -0.1) is 16.8 Å². The van der Waals surface area contributed by atoms with Gasteiger partial charge in [-0.25, -0.2) is 19.3 Å². The predicted octanol–water partition coefficient (Wildman–Crippen LogP) is 6.21. The Kier molecular flexibility index (Phi) is 8.40. The van der Waals surface area contributed by atoms with E-state index in [1.807, 2.05) is 20.8 Å². The molecule has 4 aromatic rings. The normalized spacial score (nSPS) is 12.3. The lowest BCUT2D eigenvalue weighted by Crippen LogP contribution is -2.14. The fraction of sp³-hybridized carbons (Fsp3) is 0.269. The second-order valence-corrected chi connectivity index (χ2v) is 12.1. The minimum atomic E-state index is -1.09. The standard InChI is InChI=1S/C26H26F3N6O2S2/c1-26(2,3)24-33-21(23(38-24)19-11-12-30-25(32-19)31-13-14-39(4)37)15-7-5-10-18(20(15)29)34-35(36)22-16(27)8-6-9-17(22)28/h5-12H,13-14H2,1-4H3,(H,34,36)(H,30,31,32)/q+1. The van der Waals surface area contributed by atoms with Crippen molar-refractivity contribution in [3.8, 4) is 21.8 Å². The summed E-state index contributed by atoms with van der Waals surface area (Å²) in [6, 6.07) is 8.94. The average Bonchev–Trinajstić information content (AvgIpc) is 3.31. The van der Waals surface area contributed by atoms with Crippen molar-refractivity contribution < 1.29 is 22.2 Å². The molecule has 0 bridgehead atoms. The third-order valence-electron chi connectivity index (χ3n) is 5.45. The van der Waals surface area contributed by atoms with Crippen LogP contribution in [-0.2, 0) is 16.2 Å². The number of aromatic nitrogens is 3. The van der Waals surface area contributed by atoms with Gasteiger partial charge in [0.15, 0.2) is 10.7 Å². The Bertz CT molecular complexity index is 1530. The van der Waals surface area contributed by atoms with E-state index in [9.17, 15) is 17.9 Å². The number of nitrogens with one attached hydrogen (secondary N) is 2. The lowest BCUT2D eigenvalue weighted by molar-refractivity contribution is -0.432. The fourth-order valence-electron chi connectivity index (χ4n) is 3.52. The van der Waals surface area contributed by atoms with Crippen molar-refractivity contribution in [3.63, 3.8) is 0 Å². The number of para-hydroxylation sites is 1. The van der Waals surface area contributed by atoms with Crippen LogP contribution in [-0.4, -0.2) is 42.6 Å². The van der Waals surface area contributed by atoms with Crippen molar-refractivity contribution in [2.24, 2.45) is 0 Å². The van der Waals surface area contributed by atoms with Crippen molar-refractivity contribution in [2.75, 3.05) is 29.3 Å². The first-order chi connectivity index (χ1) is 18.5. The second-order valence-electron chi connectivity index (χ2n) is 9.56. The van der Waals surface area contributed by atoms with Crippen LogP contribution in [0.15, 0.2) is 48.7 Å². The maximum Gasteiger partial charge on any atom is 0.362 e. The zero-order chi connectivity index (χ0) is 28.3. The highest BCUT2D eigenvalue weighted by Crippen LogP contribution is 2.42. The lowest BCUT2D eigenvalue weighted by atomic mass is 9.98. The minimum Gasteiger partial charge on any atom is -0.353 e. The molecule has 0 spiro atoms. The summed E-state index contributed by atoms with van der Waals surface area (Å²) in [5.74, 6) is -2.28. The molecule has 2 N–H and O–H groups in total. The molecule has 8 nitrogen and oxygen atoms in total. The van der Waals surface area contributed by atoms with Crippen LogP contribution in [0.4, 0.5) is 30.5 Å². The van der Waals surface area contributed by atoms with E-state index in [1.165, 1.54) is 29.5 Å². The Balaban J connectivity index is 1.75. The number of anilines is 2. The molecule has 39 heavy (non-hydrogen) atoms. The maximum absolute atomic E-state index is 15.8. The lowest BCUT2D eigenvalue weighted by Gasteiger charge is -2.13. The number of nitroso groups, excluding NO2 is 1. The van der Waals surface area contributed by atoms with Gasteiger partial charge in [0.05, 0.1) is 26.2 Å². The van der Waals surface area contributed by atoms with Gasteiger partial charge < -0.3 is 5.32 Å². The van der Waals surface area contributed by atoms with E-state index in [-0.39, 0.29) is 21.5 Å². The molecule has 0 aliphatic heterocycles. The van der Waals surface area contributed by atoms with Crippen molar-refractivity contribution in [3.05, 3.63) is 76.0 Å². The third-order valence-corrected chi connectivity index (χ3v) is 7.73. The first-order valence-corrected chi connectivity index (χ1v) is 14.4. The Labute approximate surface area is 229 Å². The van der Waals surface area contributed by atoms with E-state index < -0.39 is 33.9 Å². The van der Waals surface area contributed by atoms with E-state index in [0.29, 0.717) is 34.5 Å². The summed E-state index contributed by atoms with van der Waals surface area (Å²) in [7, 11) is -0.981. The molecule has 1 atom stereocenters. The monoisotopic (exact) mass is 575 g/mol. The van der Waals surface area contributed by atoms with E-state index in [1.54, 1.807) is 18.5 Å². The van der Waals surface area contributed by atoms with Gasteiger partial charge in [-0.3, -0.25) is 4.21 Å². The Morgan fingerprint density at radius 2 is 1.72 bits per heavy atom. The van der Waals surface area contributed by atoms with Gasteiger partial charge >= 0.3 is 5.69 Å². The molecule has 2 heterocycles. The SMILES string of the molecule is CS(=O)CCNc1nccc(-c2sc(C(C)(C)C)nc2-c2cccc(N[N+](=O)c3c(F)cccc3F)c2F)n1. The highest BCUT2D eigenvalue weighted by atomic mass is 32.2. The summed E-state index contributed by atoms with van der Waals surface area (Å²) in [5, 5.41) is 3.75. The number of nitrogens with zero attached hydrogens (tertiary/aromatic N) is 4. The number of thiazole rings is 1. The van der Waals surface area contributed by atoms with Crippen LogP contribution in [0.3, 0.4) is 0 Å². The van der Waals surface area contributed by atoms with E-state index >= 15 is 4.39 Å². The fourth-order valence-corrected chi connectivity index (χ4v) is 5.02. The van der Waals surface area contributed by atoms with Crippen molar-refractivity contribution in [1.29, 1.82) is 0 Å². The molecule has 0 fully saturated rings. The molecular formula is C26H26F3N6O2S2+. The molecule has 4 rings (SSSR count). The number of halogens is 3. The third kappa shape index (κ3) is 6.48. The van der Waals surface area contributed by atoms with Crippen LogP contribution < -0.4 is 10.7 Å². The van der Waals surface area contributed by atoms with Crippen molar-refractivity contribution >= 4 is 39.5 Å². The molecule has 13 heteroatoms. The molecule has 0 saturated carbocycles. The Morgan fingerprint density at radius 3 is 2.38 bits per heavy atom. The van der Waals surface area contributed by atoms with Crippen LogP contribution in [0.2, 0.25) is 0 Å². The van der Waals surface area contributed by atoms with Crippen LogP contribution in [0.25, 0.3) is 21.8 Å². The van der Waals surface area contributed by atoms with Crippen molar-refractivity contribution in [2.45, 2.75) is 26.2 Å². The van der Waals surface area contributed by atoms with Gasteiger partial charge in [0.1, 0.15) is 5.69 Å². The first-order valence-electron chi connectivity index (χ1n) is 11.8. The quantitative estimate of drug-likeness (QED) is 0.181. The van der Waals surface area contributed by atoms with Gasteiger partial charge in [-0.1, -0.05) is 32.9 Å². The van der Waals surface area contributed by atoms with E-state index in [0.717, 1.165) is 23.2 Å². The highest BCUT2D eigenvalue weighted by Gasteiger charge is 2.29. The van der Waals surface area contributed by atoms with Crippen LogP contribution in [0.1, 0.15) is 25.8 Å². The number of hydrazine groups is 1. The Hall–Kier alpha value is -3.71. The molecule has 0 amide bonds. The van der Waals surface area contributed by atoms with Gasteiger partial charge in [0.2, 0.25) is 17.6 Å². The van der Waals surface area contributed by atoms with E-state index in [2.05, 4.69) is 20.7 Å². The topological polar surface area (TPSA) is 99.9 Å². The molecule has 0 radical (unpaired) electrons. The smallest absolute Gasteiger partial charge is 0.353 e. The summed E-state index contributed by atoms with van der Waals surface area (Å²) >= 11 is 1.34. The molecule has 204 valence electrons. The summed E-state index contributed by atoms with van der Waals surface area (Å²) in [5.41, 5.74) is 1.50. The predicted molar refractivity (Wildman–Crippen MR) is 148 cm³/mol. The highest BCUT2D eigenvalue weighted by molar-refractivity contribution is 7.84. The van der Waals surface area contributed by atoms with Gasteiger partial charge in [0, 0.05) is 46.5 Å². The number of rotatable bonds is 9. The minimum absolute atomic E-state index is 0.0682. The van der Waals surface area contributed by atoms with Crippen LogP contribution in [0, 0.1) is 22.4 Å². The van der Waals surface area contributed by atoms with Gasteiger partial charge in [0.25, 0.3) is 0 Å². The number of hydrogen-bond acceptors (Lipinski definition) is 7. The second kappa shape index (κ2) is 11.6. The largest absolute Gasteiger partial charge is 0.362 e. The maximum atomic E-state index is 15.8. The molecule has 2 aromatic heterocycles. The number of hydrogen-bond donors (Lipinski definition) is 2. The van der Waals surface area contributed by atoms with Crippen LogP contribution in [0.5, 0.6) is 0 Å². The first kappa shape index (κ1) is 28.3. The van der Waals surface area contributed by atoms with E-state index in [4.69, 9.17) is 4.98 Å². The summed E-state index contributed by atoms with van der Waals surface area (Å²) in [6.45, 7) is 6.34. The summed E-state index contributed by atoms with van der Waals surface area (Å²) < 4.78 is 55.4. The molecular weight excluding hydrogens is 549 g/mol. The number of benzene rings is 2. The van der Waals surface area contributed by atoms with Gasteiger partial charge in [-0.05, 0) is 30.3 Å². The molecule has 2 aromatic carbocycles. The molecule has 1 unspecified atom stereocenters. The zero-order valence-corrected chi connectivity index (χ0v) is 23.2. The van der Waals surface area contributed by atoms with Crippen LogP contribution >= 0.6 is 11.3 Å². The zero-order valence-electron chi connectivity index (χ0n) is 21.6. The molecule has 0 saturated heterocycles. The Morgan fingerprint density at radius 1 is 1.03 bits per heavy atom. The van der Waals surface area contributed by atoms with Gasteiger partial charge in [-0.2, -0.15) is 8.78 Å². The van der Waals surface area contributed by atoms with Crippen molar-refractivity contribution in [1.82, 2.24) is 15.0 Å². The molecule has 0 aliphatic carbocycles. The summed E-state index contributed by atoms with van der Waals surface area (Å²) in [6.07, 6.45) is 3.16. The average molecular weight is 576 g/mol.